The molecule has 0 saturated carbocycles. The Morgan fingerprint density at radius 1 is 1.53 bits per heavy atom. The van der Waals surface area contributed by atoms with Crippen molar-refractivity contribution >= 4 is 5.91 Å². The van der Waals surface area contributed by atoms with Crippen LogP contribution in [0.4, 0.5) is 0 Å². The lowest BCUT2D eigenvalue weighted by Crippen LogP contribution is -2.46. The van der Waals surface area contributed by atoms with Gasteiger partial charge in [-0.3, -0.25) is 9.69 Å². The average molecular weight is 211 g/mol. The summed E-state index contributed by atoms with van der Waals surface area (Å²) in [5.41, 5.74) is 0. The lowest BCUT2D eigenvalue weighted by molar-refractivity contribution is -0.125. The lowest BCUT2D eigenvalue weighted by atomic mass is 10.2. The summed E-state index contributed by atoms with van der Waals surface area (Å²) >= 11 is 0. The van der Waals surface area contributed by atoms with Crippen molar-refractivity contribution in [2.45, 2.75) is 45.7 Å². The van der Waals surface area contributed by atoms with E-state index in [4.69, 9.17) is 5.26 Å². The van der Waals surface area contributed by atoms with E-state index in [9.17, 15) is 4.79 Å². The summed E-state index contributed by atoms with van der Waals surface area (Å²) in [4.78, 5) is 13.4. The van der Waals surface area contributed by atoms with E-state index in [1.54, 1.807) is 11.9 Å². The third-order valence-corrected chi connectivity index (χ3v) is 2.47. The van der Waals surface area contributed by atoms with E-state index < -0.39 is 0 Å². The summed E-state index contributed by atoms with van der Waals surface area (Å²) in [5, 5.41) is 11.4. The number of nitriles is 1. The second kappa shape index (κ2) is 7.24. The second-order valence-electron chi connectivity index (χ2n) is 3.95. The topological polar surface area (TPSA) is 56.1 Å². The number of hydrogen-bond acceptors (Lipinski definition) is 3. The van der Waals surface area contributed by atoms with Gasteiger partial charge in [-0.05, 0) is 27.3 Å². The van der Waals surface area contributed by atoms with Crippen LogP contribution in [0.3, 0.4) is 0 Å². The standard InChI is InChI=1S/C11H21N3O/c1-5-6-9(2)13-11(15)10(3)14(4)8-7-12/h9-10H,5-6,8H2,1-4H3,(H,13,15). The van der Waals surface area contributed by atoms with Gasteiger partial charge >= 0.3 is 0 Å². The first-order valence-electron chi connectivity index (χ1n) is 5.40. The Morgan fingerprint density at radius 2 is 2.13 bits per heavy atom. The zero-order valence-corrected chi connectivity index (χ0v) is 10.1. The number of carbonyl (C=O) groups excluding carboxylic acids is 1. The van der Waals surface area contributed by atoms with Gasteiger partial charge < -0.3 is 5.32 Å². The molecule has 0 aliphatic rings. The monoisotopic (exact) mass is 211 g/mol. The van der Waals surface area contributed by atoms with Crippen LogP contribution in [0.1, 0.15) is 33.6 Å². The van der Waals surface area contributed by atoms with E-state index in [1.165, 1.54) is 0 Å². The van der Waals surface area contributed by atoms with Gasteiger partial charge in [0.2, 0.25) is 5.91 Å². The molecule has 0 bridgehead atoms. The molecular formula is C11H21N3O. The molecule has 1 amide bonds. The number of nitrogens with zero attached hydrogens (tertiary/aromatic N) is 2. The van der Waals surface area contributed by atoms with Gasteiger partial charge in [-0.25, -0.2) is 0 Å². The fraction of sp³-hybridized carbons (Fsp3) is 0.818. The first kappa shape index (κ1) is 13.9. The van der Waals surface area contributed by atoms with Gasteiger partial charge in [0.25, 0.3) is 0 Å². The van der Waals surface area contributed by atoms with Crippen LogP contribution in [0.2, 0.25) is 0 Å². The minimum atomic E-state index is -0.246. The van der Waals surface area contributed by atoms with Crippen molar-refractivity contribution in [3.8, 4) is 6.07 Å². The summed E-state index contributed by atoms with van der Waals surface area (Å²) in [6.07, 6.45) is 2.05. The lowest BCUT2D eigenvalue weighted by Gasteiger charge is -2.23. The van der Waals surface area contributed by atoms with Crippen molar-refractivity contribution in [3.05, 3.63) is 0 Å². The fourth-order valence-corrected chi connectivity index (χ4v) is 1.32. The third-order valence-electron chi connectivity index (χ3n) is 2.47. The van der Waals surface area contributed by atoms with Crippen molar-refractivity contribution in [2.75, 3.05) is 13.6 Å². The normalized spacial score (nSPS) is 14.4. The molecule has 0 aromatic rings. The number of nitrogens with one attached hydrogen (secondary N) is 1. The van der Waals surface area contributed by atoms with Crippen molar-refractivity contribution in [1.29, 1.82) is 5.26 Å². The summed E-state index contributed by atoms with van der Waals surface area (Å²) in [7, 11) is 1.78. The van der Waals surface area contributed by atoms with E-state index >= 15 is 0 Å². The van der Waals surface area contributed by atoms with Gasteiger partial charge in [0, 0.05) is 6.04 Å². The van der Waals surface area contributed by atoms with Crippen LogP contribution in [0.5, 0.6) is 0 Å². The largest absolute Gasteiger partial charge is 0.352 e. The summed E-state index contributed by atoms with van der Waals surface area (Å²) < 4.78 is 0. The number of amides is 1. The second-order valence-corrected chi connectivity index (χ2v) is 3.95. The number of hydrogen-bond donors (Lipinski definition) is 1. The van der Waals surface area contributed by atoms with E-state index in [0.29, 0.717) is 0 Å². The Morgan fingerprint density at radius 3 is 2.60 bits per heavy atom. The predicted octanol–water partition coefficient (Wildman–Crippen LogP) is 1.14. The first-order valence-corrected chi connectivity index (χ1v) is 5.40. The van der Waals surface area contributed by atoms with Gasteiger partial charge in [-0.15, -0.1) is 0 Å². The maximum atomic E-state index is 11.7. The van der Waals surface area contributed by atoms with Crippen LogP contribution in [0.15, 0.2) is 0 Å². The number of carbonyl (C=O) groups is 1. The van der Waals surface area contributed by atoms with E-state index in [-0.39, 0.29) is 24.5 Å². The highest BCUT2D eigenvalue weighted by atomic mass is 16.2. The van der Waals surface area contributed by atoms with Crippen LogP contribution in [0, 0.1) is 11.3 Å². The molecule has 2 atom stereocenters. The maximum absolute atomic E-state index is 11.7. The SMILES string of the molecule is CCCC(C)NC(=O)C(C)N(C)CC#N. The molecule has 0 spiro atoms. The molecule has 0 heterocycles. The highest BCUT2D eigenvalue weighted by Crippen LogP contribution is 1.99. The van der Waals surface area contributed by atoms with Crippen LogP contribution >= 0.6 is 0 Å². The van der Waals surface area contributed by atoms with Gasteiger partial charge in [-0.1, -0.05) is 13.3 Å². The molecule has 4 heteroatoms. The fourth-order valence-electron chi connectivity index (χ4n) is 1.32. The predicted molar refractivity (Wildman–Crippen MR) is 60.2 cm³/mol. The molecule has 0 aliphatic heterocycles. The molecule has 0 aliphatic carbocycles. The van der Waals surface area contributed by atoms with Gasteiger partial charge in [0.05, 0.1) is 18.7 Å². The minimum Gasteiger partial charge on any atom is -0.352 e. The molecular weight excluding hydrogens is 190 g/mol. The quantitative estimate of drug-likeness (QED) is 0.670. The Labute approximate surface area is 92.3 Å². The summed E-state index contributed by atoms with van der Waals surface area (Å²) in [5.74, 6) is -0.00583. The van der Waals surface area contributed by atoms with Gasteiger partial charge in [0.15, 0.2) is 0 Å². The van der Waals surface area contributed by atoms with Crippen LogP contribution in [-0.2, 0) is 4.79 Å². The first-order chi connectivity index (χ1) is 7.02. The average Bonchev–Trinajstić information content (AvgIpc) is 2.17. The summed E-state index contributed by atoms with van der Waals surface area (Å²) in [6.45, 7) is 6.17. The molecule has 0 fully saturated rings. The molecule has 0 saturated heterocycles. The highest BCUT2D eigenvalue weighted by molar-refractivity contribution is 5.81. The maximum Gasteiger partial charge on any atom is 0.237 e. The van der Waals surface area contributed by atoms with Crippen LogP contribution in [0.25, 0.3) is 0 Å². The van der Waals surface area contributed by atoms with E-state index in [0.717, 1.165) is 12.8 Å². The van der Waals surface area contributed by atoms with Crippen molar-refractivity contribution < 1.29 is 4.79 Å². The molecule has 1 N–H and O–H groups in total. The zero-order valence-electron chi connectivity index (χ0n) is 10.1. The molecule has 0 radical (unpaired) electrons. The Hall–Kier alpha value is -1.08. The molecule has 2 unspecified atom stereocenters. The van der Waals surface area contributed by atoms with Crippen molar-refractivity contribution in [2.24, 2.45) is 0 Å². The third kappa shape index (κ3) is 5.38. The van der Waals surface area contributed by atoms with Gasteiger partial charge in [-0.2, -0.15) is 5.26 Å². The zero-order chi connectivity index (χ0) is 11.8. The molecule has 86 valence electrons. The van der Waals surface area contributed by atoms with Crippen molar-refractivity contribution in [3.63, 3.8) is 0 Å². The van der Waals surface area contributed by atoms with Crippen LogP contribution < -0.4 is 5.32 Å². The number of rotatable bonds is 6. The van der Waals surface area contributed by atoms with Crippen LogP contribution in [-0.4, -0.2) is 36.5 Å². The Bertz CT molecular complexity index is 234. The molecule has 15 heavy (non-hydrogen) atoms. The highest BCUT2D eigenvalue weighted by Gasteiger charge is 2.18. The van der Waals surface area contributed by atoms with Crippen molar-refractivity contribution in [1.82, 2.24) is 10.2 Å². The molecule has 4 nitrogen and oxygen atoms in total. The number of likely N-dealkylation sites (N-methyl/N-ethyl adjacent to an activating group) is 1. The Kier molecular flexibility index (Phi) is 6.72. The smallest absolute Gasteiger partial charge is 0.237 e. The van der Waals surface area contributed by atoms with E-state index in [2.05, 4.69) is 12.2 Å². The van der Waals surface area contributed by atoms with E-state index in [1.807, 2.05) is 19.9 Å². The van der Waals surface area contributed by atoms with Gasteiger partial charge in [0.1, 0.15) is 0 Å². The summed E-state index contributed by atoms with van der Waals surface area (Å²) in [6, 6.07) is 1.99. The molecule has 0 aromatic heterocycles. The molecule has 0 aromatic carbocycles. The Balaban J connectivity index is 4.04. The minimum absolute atomic E-state index is 0.00583. The molecule has 0 rings (SSSR count).